The molecule has 3 rings (SSSR count). The minimum Gasteiger partial charge on any atom is -0.483 e. The number of nitrogens with one attached hydrogen (secondary N) is 1. The quantitative estimate of drug-likeness (QED) is 0.646. The minimum atomic E-state index is -1.08. The predicted octanol–water partition coefficient (Wildman–Crippen LogP) is 4.75. The summed E-state index contributed by atoms with van der Waals surface area (Å²) in [7, 11) is 0. The van der Waals surface area contributed by atoms with Crippen LogP contribution in [0.4, 0.5) is 5.00 Å². The minimum absolute atomic E-state index is 0.0685. The van der Waals surface area contributed by atoms with Crippen LogP contribution < -0.4 is 10.1 Å². The maximum absolute atomic E-state index is 12.3. The summed E-state index contributed by atoms with van der Waals surface area (Å²) >= 11 is 1.23. The molecule has 0 aliphatic rings. The number of rotatable bonds is 6. The third-order valence-corrected chi connectivity index (χ3v) is 5.29. The zero-order valence-electron chi connectivity index (χ0n) is 15.0. The van der Waals surface area contributed by atoms with Crippen molar-refractivity contribution in [1.82, 2.24) is 0 Å². The van der Waals surface area contributed by atoms with Crippen LogP contribution in [-0.4, -0.2) is 23.6 Å². The molecule has 0 saturated heterocycles. The zero-order valence-corrected chi connectivity index (χ0v) is 15.8. The van der Waals surface area contributed by atoms with Crippen molar-refractivity contribution in [3.63, 3.8) is 0 Å². The van der Waals surface area contributed by atoms with E-state index < -0.39 is 11.9 Å². The Morgan fingerprint density at radius 2 is 1.81 bits per heavy atom. The highest BCUT2D eigenvalue weighted by Gasteiger charge is 2.18. The van der Waals surface area contributed by atoms with Gasteiger partial charge in [0.1, 0.15) is 10.8 Å². The molecule has 2 aromatic carbocycles. The fourth-order valence-corrected chi connectivity index (χ4v) is 3.65. The van der Waals surface area contributed by atoms with E-state index in [-0.39, 0.29) is 12.2 Å². The second-order valence-electron chi connectivity index (χ2n) is 6.06. The maximum Gasteiger partial charge on any atom is 0.338 e. The van der Waals surface area contributed by atoms with Gasteiger partial charge in [0.2, 0.25) is 0 Å². The third kappa shape index (κ3) is 4.35. The monoisotopic (exact) mass is 381 g/mol. The molecule has 6 heteroatoms. The van der Waals surface area contributed by atoms with Gasteiger partial charge in [-0.1, -0.05) is 42.5 Å². The lowest BCUT2D eigenvalue weighted by molar-refractivity contribution is -0.118. The molecular formula is C21H19NO4S. The molecule has 27 heavy (non-hydrogen) atoms. The number of aryl methyl sites for hydroxylation is 1. The fraction of sp³-hybridized carbons (Fsp3) is 0.143. The highest BCUT2D eigenvalue weighted by molar-refractivity contribution is 7.20. The van der Waals surface area contributed by atoms with Gasteiger partial charge in [0.05, 0.1) is 5.56 Å². The van der Waals surface area contributed by atoms with Crippen molar-refractivity contribution in [3.8, 4) is 16.2 Å². The summed E-state index contributed by atoms with van der Waals surface area (Å²) in [6.07, 6.45) is 0. The van der Waals surface area contributed by atoms with E-state index in [0.29, 0.717) is 10.8 Å². The predicted molar refractivity (Wildman–Crippen MR) is 107 cm³/mol. The number of anilines is 1. The van der Waals surface area contributed by atoms with Crippen LogP contribution >= 0.6 is 11.3 Å². The van der Waals surface area contributed by atoms with E-state index in [1.165, 1.54) is 11.3 Å². The van der Waals surface area contributed by atoms with Crippen molar-refractivity contribution in [3.05, 3.63) is 71.3 Å². The number of carbonyl (C=O) groups is 2. The molecule has 2 N–H and O–H groups in total. The average Bonchev–Trinajstić information content (AvgIpc) is 3.08. The summed E-state index contributed by atoms with van der Waals surface area (Å²) in [4.78, 5) is 24.6. The highest BCUT2D eigenvalue weighted by Crippen LogP contribution is 2.35. The molecule has 0 aliphatic heterocycles. The number of amides is 1. The van der Waals surface area contributed by atoms with Crippen molar-refractivity contribution < 1.29 is 19.4 Å². The number of carbonyl (C=O) groups excluding carboxylic acids is 1. The molecule has 1 amide bonds. The molecular weight excluding hydrogens is 362 g/mol. The van der Waals surface area contributed by atoms with Gasteiger partial charge < -0.3 is 15.2 Å². The summed E-state index contributed by atoms with van der Waals surface area (Å²) in [6.45, 7) is 3.70. The second kappa shape index (κ2) is 8.05. The summed E-state index contributed by atoms with van der Waals surface area (Å²) < 4.78 is 5.59. The van der Waals surface area contributed by atoms with Gasteiger partial charge in [-0.15, -0.1) is 11.3 Å². The molecule has 0 fully saturated rings. The van der Waals surface area contributed by atoms with Crippen molar-refractivity contribution in [2.24, 2.45) is 0 Å². The van der Waals surface area contributed by atoms with Gasteiger partial charge in [0, 0.05) is 4.88 Å². The number of carboxylic acids is 1. The molecule has 1 heterocycles. The SMILES string of the molecule is Cc1cccc(OCC(=O)Nc2sc(-c3ccccc3)cc2C(=O)O)c1C. The molecule has 0 aliphatic carbocycles. The van der Waals surface area contributed by atoms with Crippen LogP contribution in [0.3, 0.4) is 0 Å². The summed E-state index contributed by atoms with van der Waals surface area (Å²) in [5.74, 6) is -0.848. The number of aromatic carboxylic acids is 1. The second-order valence-corrected chi connectivity index (χ2v) is 7.11. The van der Waals surface area contributed by atoms with Crippen LogP contribution in [0.2, 0.25) is 0 Å². The normalized spacial score (nSPS) is 10.4. The third-order valence-electron chi connectivity index (χ3n) is 4.19. The Morgan fingerprint density at radius 1 is 1.07 bits per heavy atom. The van der Waals surface area contributed by atoms with E-state index in [2.05, 4.69) is 5.32 Å². The standard InChI is InChI=1S/C21H19NO4S/c1-13-7-6-10-17(14(13)2)26-12-19(23)22-20-16(21(24)25)11-18(27-20)15-8-4-3-5-9-15/h3-11H,12H2,1-2H3,(H,22,23)(H,24,25). The number of benzene rings is 2. The Kier molecular flexibility index (Phi) is 5.57. The number of carboxylic acid groups (broad SMARTS) is 1. The van der Waals surface area contributed by atoms with Gasteiger partial charge in [0.25, 0.3) is 5.91 Å². The van der Waals surface area contributed by atoms with E-state index in [9.17, 15) is 14.7 Å². The van der Waals surface area contributed by atoms with Gasteiger partial charge >= 0.3 is 5.97 Å². The van der Waals surface area contributed by atoms with E-state index in [4.69, 9.17) is 4.74 Å². The number of hydrogen-bond acceptors (Lipinski definition) is 4. The van der Waals surface area contributed by atoms with Crippen molar-refractivity contribution in [2.75, 3.05) is 11.9 Å². The molecule has 0 saturated carbocycles. The Hall–Kier alpha value is -3.12. The first-order chi connectivity index (χ1) is 13.0. The lowest BCUT2D eigenvalue weighted by atomic mass is 10.1. The van der Waals surface area contributed by atoms with Crippen LogP contribution in [0, 0.1) is 13.8 Å². The van der Waals surface area contributed by atoms with E-state index in [0.717, 1.165) is 21.6 Å². The first-order valence-electron chi connectivity index (χ1n) is 8.37. The molecule has 5 nitrogen and oxygen atoms in total. The smallest absolute Gasteiger partial charge is 0.338 e. The maximum atomic E-state index is 12.3. The van der Waals surface area contributed by atoms with E-state index in [1.54, 1.807) is 12.1 Å². The first kappa shape index (κ1) is 18.7. The van der Waals surface area contributed by atoms with Crippen LogP contribution in [0.1, 0.15) is 21.5 Å². The highest BCUT2D eigenvalue weighted by atomic mass is 32.1. The van der Waals surface area contributed by atoms with Crippen molar-refractivity contribution >= 4 is 28.2 Å². The molecule has 138 valence electrons. The molecule has 0 unspecified atom stereocenters. The summed E-state index contributed by atoms with van der Waals surface area (Å²) in [6, 6.07) is 16.7. The van der Waals surface area contributed by atoms with Gasteiger partial charge in [-0.2, -0.15) is 0 Å². The van der Waals surface area contributed by atoms with Gasteiger partial charge in [-0.3, -0.25) is 4.79 Å². The molecule has 0 radical (unpaired) electrons. The Balaban J connectivity index is 1.74. The molecule has 3 aromatic rings. The van der Waals surface area contributed by atoms with Gasteiger partial charge in [-0.25, -0.2) is 4.79 Å². The molecule has 1 aromatic heterocycles. The Bertz CT molecular complexity index is 979. The van der Waals surface area contributed by atoms with Crippen LogP contribution in [0.15, 0.2) is 54.6 Å². The topological polar surface area (TPSA) is 75.6 Å². The number of thiophene rings is 1. The largest absolute Gasteiger partial charge is 0.483 e. The fourth-order valence-electron chi connectivity index (χ4n) is 2.57. The zero-order chi connectivity index (χ0) is 19.4. The number of hydrogen-bond donors (Lipinski definition) is 2. The Morgan fingerprint density at radius 3 is 2.52 bits per heavy atom. The van der Waals surface area contributed by atoms with Crippen molar-refractivity contribution in [2.45, 2.75) is 13.8 Å². The van der Waals surface area contributed by atoms with Crippen LogP contribution in [0.5, 0.6) is 5.75 Å². The average molecular weight is 381 g/mol. The summed E-state index contributed by atoms with van der Waals surface area (Å²) in [5.41, 5.74) is 3.02. The van der Waals surface area contributed by atoms with Crippen LogP contribution in [0.25, 0.3) is 10.4 Å². The molecule has 0 bridgehead atoms. The molecule has 0 spiro atoms. The van der Waals surface area contributed by atoms with Gasteiger partial charge in [0.15, 0.2) is 6.61 Å². The Labute approximate surface area is 161 Å². The molecule has 0 atom stereocenters. The number of ether oxygens (including phenoxy) is 1. The lowest BCUT2D eigenvalue weighted by Gasteiger charge is -2.10. The lowest BCUT2D eigenvalue weighted by Crippen LogP contribution is -2.21. The van der Waals surface area contributed by atoms with Crippen molar-refractivity contribution in [1.29, 1.82) is 0 Å². The van der Waals surface area contributed by atoms with Crippen LogP contribution in [-0.2, 0) is 4.79 Å². The summed E-state index contributed by atoms with van der Waals surface area (Å²) in [5, 5.41) is 12.4. The van der Waals surface area contributed by atoms with E-state index in [1.807, 2.05) is 56.3 Å². The van der Waals surface area contributed by atoms with E-state index >= 15 is 0 Å². The first-order valence-corrected chi connectivity index (χ1v) is 9.19. The van der Waals surface area contributed by atoms with Gasteiger partial charge in [-0.05, 0) is 42.7 Å².